The second kappa shape index (κ2) is 4.26. The Balaban J connectivity index is 2.64. The van der Waals surface area contributed by atoms with Crippen molar-refractivity contribution in [1.82, 2.24) is 10.5 Å². The second-order valence-electron chi connectivity index (χ2n) is 3.21. The molecular weight excluding hydrogens is 152 g/mol. The molecule has 0 aromatic carbocycles. The maximum atomic E-state index is 5.14. The molecule has 0 unspecified atom stereocenters. The molecule has 0 saturated carbocycles. The van der Waals surface area contributed by atoms with Crippen molar-refractivity contribution >= 4 is 0 Å². The van der Waals surface area contributed by atoms with E-state index in [2.05, 4.69) is 24.3 Å². The fourth-order valence-electron chi connectivity index (χ4n) is 1.17. The first-order valence-corrected chi connectivity index (χ1v) is 4.33. The van der Waals surface area contributed by atoms with Crippen molar-refractivity contribution in [2.45, 2.75) is 26.2 Å². The fraction of sp³-hybridized carbons (Fsp3) is 0.667. The molecule has 0 aliphatic carbocycles. The van der Waals surface area contributed by atoms with Crippen LogP contribution < -0.4 is 5.32 Å². The molecule has 0 radical (unpaired) electrons. The summed E-state index contributed by atoms with van der Waals surface area (Å²) >= 11 is 0. The summed E-state index contributed by atoms with van der Waals surface area (Å²) in [5.74, 6) is 1.52. The second-order valence-corrected chi connectivity index (χ2v) is 3.21. The highest BCUT2D eigenvalue weighted by molar-refractivity contribution is 5.17. The van der Waals surface area contributed by atoms with Crippen LogP contribution in [0.25, 0.3) is 0 Å². The Kier molecular flexibility index (Phi) is 3.29. The molecule has 1 aromatic heterocycles. The zero-order valence-electron chi connectivity index (χ0n) is 7.92. The topological polar surface area (TPSA) is 38.1 Å². The molecule has 0 aliphatic heterocycles. The highest BCUT2D eigenvalue weighted by Crippen LogP contribution is 2.18. The van der Waals surface area contributed by atoms with Crippen LogP contribution in [0.2, 0.25) is 0 Å². The summed E-state index contributed by atoms with van der Waals surface area (Å²) < 4.78 is 5.14. The maximum Gasteiger partial charge on any atom is 0.141 e. The van der Waals surface area contributed by atoms with Gasteiger partial charge in [-0.25, -0.2) is 0 Å². The van der Waals surface area contributed by atoms with E-state index in [0.29, 0.717) is 5.92 Å². The first-order chi connectivity index (χ1) is 5.75. The van der Waals surface area contributed by atoms with E-state index in [1.54, 1.807) is 0 Å². The molecule has 0 amide bonds. The number of aromatic nitrogens is 1. The average molecular weight is 168 g/mol. The van der Waals surface area contributed by atoms with Crippen molar-refractivity contribution in [2.24, 2.45) is 0 Å². The van der Waals surface area contributed by atoms with E-state index in [1.807, 2.05) is 13.2 Å². The van der Waals surface area contributed by atoms with Gasteiger partial charge in [-0.15, -0.1) is 0 Å². The van der Waals surface area contributed by atoms with Crippen LogP contribution >= 0.6 is 0 Å². The summed E-state index contributed by atoms with van der Waals surface area (Å²) in [6, 6.07) is 0. The van der Waals surface area contributed by atoms with Crippen LogP contribution in [0.1, 0.15) is 31.1 Å². The maximum absolute atomic E-state index is 5.14. The summed E-state index contributed by atoms with van der Waals surface area (Å²) in [7, 11) is 1.94. The van der Waals surface area contributed by atoms with Crippen LogP contribution in [0.15, 0.2) is 10.7 Å². The van der Waals surface area contributed by atoms with Gasteiger partial charge >= 0.3 is 0 Å². The normalized spacial score (nSPS) is 11.0. The average Bonchev–Trinajstić information content (AvgIpc) is 2.48. The van der Waals surface area contributed by atoms with E-state index in [-0.39, 0.29) is 0 Å². The van der Waals surface area contributed by atoms with Gasteiger partial charge in [-0.1, -0.05) is 19.0 Å². The monoisotopic (exact) mass is 168 g/mol. The lowest BCUT2D eigenvalue weighted by Gasteiger charge is -2.02. The number of nitrogens with one attached hydrogen (secondary N) is 1. The lowest BCUT2D eigenvalue weighted by molar-refractivity contribution is 0.380. The molecule has 1 aromatic rings. The predicted octanol–water partition coefficient (Wildman–Crippen LogP) is 1.56. The molecule has 68 valence electrons. The van der Waals surface area contributed by atoms with E-state index in [0.717, 1.165) is 18.7 Å². The van der Waals surface area contributed by atoms with Gasteiger partial charge in [0.25, 0.3) is 0 Å². The van der Waals surface area contributed by atoms with Gasteiger partial charge in [0, 0.05) is 18.5 Å². The van der Waals surface area contributed by atoms with Gasteiger partial charge in [-0.2, -0.15) is 0 Å². The molecule has 3 nitrogen and oxygen atoms in total. The SMILES string of the molecule is CNCCc1oncc1C(C)C. The van der Waals surface area contributed by atoms with Crippen molar-refractivity contribution in [1.29, 1.82) is 0 Å². The number of likely N-dealkylation sites (N-methyl/N-ethyl adjacent to an activating group) is 1. The van der Waals surface area contributed by atoms with Crippen LogP contribution in [0.5, 0.6) is 0 Å². The molecular formula is C9H16N2O. The van der Waals surface area contributed by atoms with Gasteiger partial charge in [0.1, 0.15) is 5.76 Å². The smallest absolute Gasteiger partial charge is 0.141 e. The van der Waals surface area contributed by atoms with Gasteiger partial charge in [0.15, 0.2) is 0 Å². The number of nitrogens with zero attached hydrogens (tertiary/aromatic N) is 1. The van der Waals surface area contributed by atoms with Crippen LogP contribution in [0.4, 0.5) is 0 Å². The molecule has 0 atom stereocenters. The molecule has 12 heavy (non-hydrogen) atoms. The standard InChI is InChI=1S/C9H16N2O/c1-7(2)8-6-11-12-9(8)4-5-10-3/h6-7,10H,4-5H2,1-3H3. The minimum absolute atomic E-state index is 0.503. The highest BCUT2D eigenvalue weighted by atomic mass is 16.5. The van der Waals surface area contributed by atoms with Gasteiger partial charge in [0.2, 0.25) is 0 Å². The van der Waals surface area contributed by atoms with Crippen LogP contribution in [-0.2, 0) is 6.42 Å². The fourth-order valence-corrected chi connectivity index (χ4v) is 1.17. The Hall–Kier alpha value is -0.830. The van der Waals surface area contributed by atoms with Gasteiger partial charge < -0.3 is 9.84 Å². The van der Waals surface area contributed by atoms with E-state index >= 15 is 0 Å². The Morgan fingerprint density at radius 1 is 1.58 bits per heavy atom. The molecule has 0 fully saturated rings. The highest BCUT2D eigenvalue weighted by Gasteiger charge is 2.10. The van der Waals surface area contributed by atoms with Crippen molar-refractivity contribution in [2.75, 3.05) is 13.6 Å². The van der Waals surface area contributed by atoms with Crippen LogP contribution in [0, 0.1) is 0 Å². The summed E-state index contributed by atoms with van der Waals surface area (Å²) in [5.41, 5.74) is 1.23. The Morgan fingerprint density at radius 2 is 2.33 bits per heavy atom. The first-order valence-electron chi connectivity index (χ1n) is 4.33. The summed E-state index contributed by atoms with van der Waals surface area (Å²) in [6.45, 7) is 5.24. The molecule has 3 heteroatoms. The van der Waals surface area contributed by atoms with Crippen molar-refractivity contribution in [3.8, 4) is 0 Å². The molecule has 1 N–H and O–H groups in total. The third kappa shape index (κ3) is 2.08. The number of hydrogen-bond donors (Lipinski definition) is 1. The predicted molar refractivity (Wildman–Crippen MR) is 48.2 cm³/mol. The minimum Gasteiger partial charge on any atom is -0.361 e. The molecule has 0 bridgehead atoms. The van der Waals surface area contributed by atoms with E-state index in [4.69, 9.17) is 4.52 Å². The van der Waals surface area contributed by atoms with Crippen molar-refractivity contribution in [3.63, 3.8) is 0 Å². The molecule has 0 saturated heterocycles. The third-order valence-corrected chi connectivity index (χ3v) is 1.90. The molecule has 1 rings (SSSR count). The zero-order chi connectivity index (χ0) is 8.97. The largest absolute Gasteiger partial charge is 0.361 e. The quantitative estimate of drug-likeness (QED) is 0.741. The van der Waals surface area contributed by atoms with Crippen LogP contribution in [-0.4, -0.2) is 18.7 Å². The Labute approximate surface area is 73.1 Å². The third-order valence-electron chi connectivity index (χ3n) is 1.90. The Bertz CT molecular complexity index is 230. The van der Waals surface area contributed by atoms with Gasteiger partial charge in [-0.05, 0) is 13.0 Å². The van der Waals surface area contributed by atoms with E-state index in [1.165, 1.54) is 5.56 Å². The van der Waals surface area contributed by atoms with Gasteiger partial charge in [0.05, 0.1) is 6.20 Å². The van der Waals surface area contributed by atoms with Crippen molar-refractivity contribution in [3.05, 3.63) is 17.5 Å². The summed E-state index contributed by atoms with van der Waals surface area (Å²) in [5, 5.41) is 6.88. The number of rotatable bonds is 4. The van der Waals surface area contributed by atoms with Crippen molar-refractivity contribution < 1.29 is 4.52 Å². The first kappa shape index (κ1) is 9.26. The van der Waals surface area contributed by atoms with Gasteiger partial charge in [-0.3, -0.25) is 0 Å². The molecule has 0 aliphatic rings. The molecule has 1 heterocycles. The molecule has 0 spiro atoms. The Morgan fingerprint density at radius 3 is 2.92 bits per heavy atom. The summed E-state index contributed by atoms with van der Waals surface area (Å²) in [6.07, 6.45) is 2.74. The van der Waals surface area contributed by atoms with E-state index < -0.39 is 0 Å². The van der Waals surface area contributed by atoms with E-state index in [9.17, 15) is 0 Å². The summed E-state index contributed by atoms with van der Waals surface area (Å²) in [4.78, 5) is 0. The lowest BCUT2D eigenvalue weighted by Crippen LogP contribution is -2.10. The minimum atomic E-state index is 0.503. The van der Waals surface area contributed by atoms with Crippen LogP contribution in [0.3, 0.4) is 0 Å². The lowest BCUT2D eigenvalue weighted by atomic mass is 10.0. The zero-order valence-corrected chi connectivity index (χ0v) is 7.92. The number of hydrogen-bond acceptors (Lipinski definition) is 3.